The van der Waals surface area contributed by atoms with Crippen molar-refractivity contribution in [2.75, 3.05) is 39.4 Å². The molecule has 3 nitrogen and oxygen atoms in total. The molecule has 3 aliphatic rings. The molecule has 17 heavy (non-hydrogen) atoms. The lowest BCUT2D eigenvalue weighted by Crippen LogP contribution is -2.32. The molecular formula is C14H26N2O. The van der Waals surface area contributed by atoms with Crippen molar-refractivity contribution in [3.05, 3.63) is 0 Å². The fourth-order valence-electron chi connectivity index (χ4n) is 3.21. The molecule has 0 amide bonds. The number of hydrogen-bond acceptors (Lipinski definition) is 3. The maximum atomic E-state index is 5.62. The first-order valence-corrected chi connectivity index (χ1v) is 7.38. The summed E-state index contributed by atoms with van der Waals surface area (Å²) in [5.74, 6) is 1.85. The minimum absolute atomic E-state index is 0.729. The molecule has 2 aliphatic carbocycles. The number of ether oxygens (including phenoxy) is 1. The zero-order valence-corrected chi connectivity index (χ0v) is 10.8. The maximum Gasteiger partial charge on any atom is 0.0591 e. The monoisotopic (exact) mass is 238 g/mol. The van der Waals surface area contributed by atoms with Gasteiger partial charge in [0.05, 0.1) is 6.61 Å². The van der Waals surface area contributed by atoms with Gasteiger partial charge in [-0.1, -0.05) is 0 Å². The van der Waals surface area contributed by atoms with Crippen molar-refractivity contribution >= 4 is 0 Å². The topological polar surface area (TPSA) is 33.3 Å². The first kappa shape index (κ1) is 11.9. The van der Waals surface area contributed by atoms with Crippen LogP contribution in [0, 0.1) is 17.3 Å². The molecule has 1 aliphatic heterocycles. The van der Waals surface area contributed by atoms with Gasteiger partial charge in [0.15, 0.2) is 0 Å². The first-order chi connectivity index (χ1) is 8.39. The van der Waals surface area contributed by atoms with E-state index in [4.69, 9.17) is 4.74 Å². The molecule has 1 saturated heterocycles. The highest BCUT2D eigenvalue weighted by molar-refractivity contribution is 5.04. The highest BCUT2D eigenvalue weighted by Crippen LogP contribution is 2.58. The quantitative estimate of drug-likeness (QED) is 0.658. The average Bonchev–Trinajstić information content (AvgIpc) is 3.25. The van der Waals surface area contributed by atoms with Gasteiger partial charge in [-0.2, -0.15) is 0 Å². The van der Waals surface area contributed by atoms with E-state index >= 15 is 0 Å². The molecule has 0 aromatic carbocycles. The summed E-state index contributed by atoms with van der Waals surface area (Å²) in [6, 6.07) is 0. The molecular weight excluding hydrogens is 212 g/mol. The van der Waals surface area contributed by atoms with E-state index in [0.717, 1.165) is 37.0 Å². The fraction of sp³-hybridized carbons (Fsp3) is 1.00. The molecule has 3 rings (SSSR count). The Labute approximate surface area is 105 Å². The lowest BCUT2D eigenvalue weighted by molar-refractivity contribution is 0.125. The van der Waals surface area contributed by atoms with Gasteiger partial charge < -0.3 is 15.4 Å². The van der Waals surface area contributed by atoms with Crippen LogP contribution in [0.15, 0.2) is 0 Å². The second-order valence-electron chi connectivity index (χ2n) is 6.24. The van der Waals surface area contributed by atoms with Crippen LogP contribution in [0.4, 0.5) is 0 Å². The predicted molar refractivity (Wildman–Crippen MR) is 69.1 cm³/mol. The van der Waals surface area contributed by atoms with Crippen LogP contribution in [0.1, 0.15) is 32.1 Å². The third-order valence-electron chi connectivity index (χ3n) is 4.82. The Morgan fingerprint density at radius 2 is 2.06 bits per heavy atom. The van der Waals surface area contributed by atoms with Gasteiger partial charge in [0.25, 0.3) is 0 Å². The van der Waals surface area contributed by atoms with Crippen molar-refractivity contribution in [1.29, 1.82) is 0 Å². The van der Waals surface area contributed by atoms with Crippen LogP contribution in [0.2, 0.25) is 0 Å². The van der Waals surface area contributed by atoms with Crippen molar-refractivity contribution in [3.8, 4) is 0 Å². The Balaban J connectivity index is 1.21. The third-order valence-corrected chi connectivity index (χ3v) is 4.82. The number of hydrogen-bond donors (Lipinski definition) is 2. The summed E-state index contributed by atoms with van der Waals surface area (Å²) in [4.78, 5) is 0. The van der Waals surface area contributed by atoms with E-state index < -0.39 is 0 Å². The standard InChI is InChI=1S/C14H26N2O/c1-2-12(1)11-17-8-7-16-10-13-9-14(13)3-5-15-6-4-14/h12-13,15-16H,1-11H2. The van der Waals surface area contributed by atoms with Gasteiger partial charge in [-0.15, -0.1) is 0 Å². The van der Waals surface area contributed by atoms with E-state index in [9.17, 15) is 0 Å². The molecule has 0 radical (unpaired) electrons. The van der Waals surface area contributed by atoms with Gasteiger partial charge in [-0.3, -0.25) is 0 Å². The molecule has 0 aromatic rings. The van der Waals surface area contributed by atoms with Crippen LogP contribution < -0.4 is 10.6 Å². The van der Waals surface area contributed by atoms with E-state index in [1.165, 1.54) is 51.7 Å². The largest absolute Gasteiger partial charge is 0.380 e. The highest BCUT2D eigenvalue weighted by Gasteiger charge is 2.52. The Morgan fingerprint density at radius 3 is 2.82 bits per heavy atom. The van der Waals surface area contributed by atoms with Crippen molar-refractivity contribution in [2.24, 2.45) is 17.3 Å². The van der Waals surface area contributed by atoms with Crippen LogP contribution in [-0.2, 0) is 4.74 Å². The summed E-state index contributed by atoms with van der Waals surface area (Å²) in [7, 11) is 0. The molecule has 3 fully saturated rings. The fourth-order valence-corrected chi connectivity index (χ4v) is 3.21. The van der Waals surface area contributed by atoms with Crippen molar-refractivity contribution in [2.45, 2.75) is 32.1 Å². The van der Waals surface area contributed by atoms with Crippen molar-refractivity contribution in [3.63, 3.8) is 0 Å². The average molecular weight is 238 g/mol. The molecule has 3 heteroatoms. The van der Waals surface area contributed by atoms with Crippen LogP contribution in [-0.4, -0.2) is 39.4 Å². The number of nitrogens with one attached hydrogen (secondary N) is 2. The second-order valence-corrected chi connectivity index (χ2v) is 6.24. The Kier molecular flexibility index (Phi) is 3.69. The number of rotatable bonds is 7. The summed E-state index contributed by atoms with van der Waals surface area (Å²) in [5.41, 5.74) is 0.729. The highest BCUT2D eigenvalue weighted by atomic mass is 16.5. The second kappa shape index (κ2) is 5.25. The Hall–Kier alpha value is -0.120. The van der Waals surface area contributed by atoms with Gasteiger partial charge in [0.1, 0.15) is 0 Å². The van der Waals surface area contributed by atoms with Crippen LogP contribution in [0.5, 0.6) is 0 Å². The van der Waals surface area contributed by atoms with Crippen LogP contribution in [0.3, 0.4) is 0 Å². The smallest absolute Gasteiger partial charge is 0.0591 e. The van der Waals surface area contributed by atoms with Crippen LogP contribution >= 0.6 is 0 Å². The molecule has 1 spiro atoms. The normalized spacial score (nSPS) is 30.7. The lowest BCUT2D eigenvalue weighted by Gasteiger charge is -2.23. The molecule has 1 heterocycles. The van der Waals surface area contributed by atoms with Gasteiger partial charge in [-0.25, -0.2) is 0 Å². The summed E-state index contributed by atoms with van der Waals surface area (Å²) in [6.07, 6.45) is 7.05. The summed E-state index contributed by atoms with van der Waals surface area (Å²) in [5, 5.41) is 7.03. The lowest BCUT2D eigenvalue weighted by atomic mass is 9.92. The van der Waals surface area contributed by atoms with Gasteiger partial charge in [-0.05, 0) is 69.0 Å². The van der Waals surface area contributed by atoms with E-state index in [1.807, 2.05) is 0 Å². The molecule has 0 aromatic heterocycles. The minimum atomic E-state index is 0.729. The van der Waals surface area contributed by atoms with E-state index in [2.05, 4.69) is 10.6 Å². The molecule has 1 unspecified atom stereocenters. The molecule has 1 atom stereocenters. The first-order valence-electron chi connectivity index (χ1n) is 7.38. The minimum Gasteiger partial charge on any atom is -0.380 e. The molecule has 2 saturated carbocycles. The summed E-state index contributed by atoms with van der Waals surface area (Å²) >= 11 is 0. The maximum absolute atomic E-state index is 5.62. The third kappa shape index (κ3) is 3.21. The van der Waals surface area contributed by atoms with E-state index in [1.54, 1.807) is 0 Å². The van der Waals surface area contributed by atoms with Crippen molar-refractivity contribution in [1.82, 2.24) is 10.6 Å². The summed E-state index contributed by atoms with van der Waals surface area (Å²) in [6.45, 7) is 6.63. The van der Waals surface area contributed by atoms with E-state index in [0.29, 0.717) is 0 Å². The van der Waals surface area contributed by atoms with Crippen LogP contribution in [0.25, 0.3) is 0 Å². The van der Waals surface area contributed by atoms with Crippen molar-refractivity contribution < 1.29 is 4.74 Å². The Morgan fingerprint density at radius 1 is 1.24 bits per heavy atom. The Bertz CT molecular complexity index is 247. The molecule has 98 valence electrons. The zero-order valence-electron chi connectivity index (χ0n) is 10.8. The van der Waals surface area contributed by atoms with Gasteiger partial charge >= 0.3 is 0 Å². The van der Waals surface area contributed by atoms with Gasteiger partial charge in [0.2, 0.25) is 0 Å². The predicted octanol–water partition coefficient (Wildman–Crippen LogP) is 1.39. The zero-order chi connectivity index (χ0) is 11.6. The SMILES string of the molecule is C1CC2(CCN1)CC2CNCCOCC1CC1. The van der Waals surface area contributed by atoms with E-state index in [-0.39, 0.29) is 0 Å². The molecule has 2 N–H and O–H groups in total. The summed E-state index contributed by atoms with van der Waals surface area (Å²) < 4.78 is 5.62. The molecule has 0 bridgehead atoms. The van der Waals surface area contributed by atoms with Gasteiger partial charge in [0, 0.05) is 13.2 Å². The number of piperidine rings is 1.